The van der Waals surface area contributed by atoms with E-state index in [2.05, 4.69) is 5.32 Å². The van der Waals surface area contributed by atoms with Gasteiger partial charge in [0.15, 0.2) is 0 Å². The van der Waals surface area contributed by atoms with Crippen molar-refractivity contribution in [3.05, 3.63) is 23.8 Å². The molecule has 2 heterocycles. The molecule has 1 amide bonds. The SMILES string of the molecule is O=C(c1ccc(O)cc1O)N1C[C@@H]2CCCN[C@@H]2C1. The summed E-state index contributed by atoms with van der Waals surface area (Å²) in [5, 5.41) is 22.5. The minimum absolute atomic E-state index is 0.0363. The molecule has 2 aliphatic rings. The maximum absolute atomic E-state index is 12.4. The number of phenols is 2. The van der Waals surface area contributed by atoms with Gasteiger partial charge >= 0.3 is 0 Å². The zero-order valence-corrected chi connectivity index (χ0v) is 10.7. The highest BCUT2D eigenvalue weighted by molar-refractivity contribution is 5.97. The Bertz CT molecular complexity index is 489. The molecule has 0 aromatic heterocycles. The minimum atomic E-state index is -0.159. The van der Waals surface area contributed by atoms with Crippen LogP contribution < -0.4 is 5.32 Å². The lowest BCUT2D eigenvalue weighted by Gasteiger charge is -2.24. The number of piperidine rings is 1. The lowest BCUT2D eigenvalue weighted by atomic mass is 9.94. The second-order valence-electron chi connectivity index (χ2n) is 5.37. The summed E-state index contributed by atoms with van der Waals surface area (Å²) in [5.74, 6) is 0.171. The summed E-state index contributed by atoms with van der Waals surface area (Å²) in [6.07, 6.45) is 2.32. The standard InChI is InChI=1S/C14H18N2O3/c17-10-3-4-11(13(18)6-10)14(19)16-7-9-2-1-5-15-12(9)8-16/h3-4,6,9,12,15,17-18H,1-2,5,7-8H2/t9-,12+/m0/s1. The number of phenolic OH excluding ortho intramolecular Hbond substituents is 2. The van der Waals surface area contributed by atoms with Crippen LogP contribution in [0.5, 0.6) is 11.5 Å². The molecule has 102 valence electrons. The molecule has 3 rings (SSSR count). The fourth-order valence-corrected chi connectivity index (χ4v) is 3.08. The molecule has 0 bridgehead atoms. The summed E-state index contributed by atoms with van der Waals surface area (Å²) in [7, 11) is 0. The van der Waals surface area contributed by atoms with Gasteiger partial charge in [-0.1, -0.05) is 0 Å². The van der Waals surface area contributed by atoms with Crippen LogP contribution >= 0.6 is 0 Å². The number of rotatable bonds is 1. The number of nitrogens with one attached hydrogen (secondary N) is 1. The first-order valence-corrected chi connectivity index (χ1v) is 6.70. The van der Waals surface area contributed by atoms with Crippen LogP contribution in [0, 0.1) is 5.92 Å². The molecular formula is C14H18N2O3. The van der Waals surface area contributed by atoms with Gasteiger partial charge in [-0.3, -0.25) is 4.79 Å². The first kappa shape index (κ1) is 12.3. The summed E-state index contributed by atoms with van der Waals surface area (Å²) in [5.41, 5.74) is 0.261. The van der Waals surface area contributed by atoms with Crippen LogP contribution in [-0.4, -0.2) is 46.7 Å². The molecule has 1 aromatic rings. The highest BCUT2D eigenvalue weighted by atomic mass is 16.3. The normalized spacial score (nSPS) is 26.2. The van der Waals surface area contributed by atoms with Crippen molar-refractivity contribution in [3.63, 3.8) is 0 Å². The fraction of sp³-hybridized carbons (Fsp3) is 0.500. The molecule has 0 unspecified atom stereocenters. The number of nitrogens with zero attached hydrogens (tertiary/aromatic N) is 1. The quantitative estimate of drug-likeness (QED) is 0.704. The van der Waals surface area contributed by atoms with E-state index in [0.29, 0.717) is 18.5 Å². The van der Waals surface area contributed by atoms with Crippen LogP contribution in [0.15, 0.2) is 18.2 Å². The molecular weight excluding hydrogens is 244 g/mol. The first-order valence-electron chi connectivity index (χ1n) is 6.70. The minimum Gasteiger partial charge on any atom is -0.508 e. The van der Waals surface area contributed by atoms with Gasteiger partial charge in [0.2, 0.25) is 0 Å². The number of likely N-dealkylation sites (tertiary alicyclic amines) is 1. The maximum atomic E-state index is 12.4. The lowest BCUT2D eigenvalue weighted by molar-refractivity contribution is 0.0782. The Morgan fingerprint density at radius 3 is 2.89 bits per heavy atom. The van der Waals surface area contributed by atoms with Crippen molar-refractivity contribution in [2.45, 2.75) is 18.9 Å². The Morgan fingerprint density at radius 2 is 2.16 bits per heavy atom. The van der Waals surface area contributed by atoms with Gasteiger partial charge in [0, 0.05) is 25.2 Å². The van der Waals surface area contributed by atoms with Gasteiger partial charge in [-0.2, -0.15) is 0 Å². The molecule has 19 heavy (non-hydrogen) atoms. The Hall–Kier alpha value is -1.75. The number of benzene rings is 1. The van der Waals surface area contributed by atoms with Gasteiger partial charge < -0.3 is 20.4 Å². The molecule has 2 atom stereocenters. The van der Waals surface area contributed by atoms with Crippen molar-refractivity contribution in [1.82, 2.24) is 10.2 Å². The summed E-state index contributed by atoms with van der Waals surface area (Å²) in [6.45, 7) is 2.47. The molecule has 2 fully saturated rings. The summed E-state index contributed by atoms with van der Waals surface area (Å²) in [6, 6.07) is 4.49. The molecule has 1 aromatic carbocycles. The molecule has 3 N–H and O–H groups in total. The predicted octanol–water partition coefficient (Wildman–Crippen LogP) is 0.922. The molecule has 0 aliphatic carbocycles. The monoisotopic (exact) mass is 262 g/mol. The molecule has 0 spiro atoms. The van der Waals surface area contributed by atoms with Crippen LogP contribution in [0.25, 0.3) is 0 Å². The molecule has 0 radical (unpaired) electrons. The number of hydrogen-bond donors (Lipinski definition) is 3. The lowest BCUT2D eigenvalue weighted by Crippen LogP contribution is -2.41. The average Bonchev–Trinajstić information content (AvgIpc) is 2.81. The predicted molar refractivity (Wildman–Crippen MR) is 70.2 cm³/mol. The third-order valence-corrected chi connectivity index (χ3v) is 4.10. The summed E-state index contributed by atoms with van der Waals surface area (Å²) in [4.78, 5) is 14.2. The highest BCUT2D eigenvalue weighted by Crippen LogP contribution is 2.29. The third-order valence-electron chi connectivity index (χ3n) is 4.10. The van der Waals surface area contributed by atoms with E-state index in [1.165, 1.54) is 18.2 Å². The molecule has 5 nitrogen and oxygen atoms in total. The van der Waals surface area contributed by atoms with E-state index in [1.807, 2.05) is 0 Å². The summed E-state index contributed by atoms with van der Waals surface area (Å²) >= 11 is 0. The Labute approximate surface area is 111 Å². The topological polar surface area (TPSA) is 72.8 Å². The Kier molecular flexibility index (Phi) is 3.06. The number of carbonyl (C=O) groups excluding carboxylic acids is 1. The van der Waals surface area contributed by atoms with E-state index in [4.69, 9.17) is 0 Å². The van der Waals surface area contributed by atoms with Crippen LogP contribution in [0.1, 0.15) is 23.2 Å². The van der Waals surface area contributed by atoms with Crippen molar-refractivity contribution in [2.75, 3.05) is 19.6 Å². The molecule has 0 saturated carbocycles. The average molecular weight is 262 g/mol. The summed E-state index contributed by atoms with van der Waals surface area (Å²) < 4.78 is 0. The number of carbonyl (C=O) groups is 1. The number of hydrogen-bond acceptors (Lipinski definition) is 4. The Balaban J connectivity index is 1.77. The van der Waals surface area contributed by atoms with Gasteiger partial charge in [0.1, 0.15) is 11.5 Å². The second-order valence-corrected chi connectivity index (χ2v) is 5.37. The van der Waals surface area contributed by atoms with Gasteiger partial charge in [-0.25, -0.2) is 0 Å². The van der Waals surface area contributed by atoms with E-state index in [1.54, 1.807) is 4.90 Å². The van der Waals surface area contributed by atoms with E-state index in [-0.39, 0.29) is 23.0 Å². The van der Waals surface area contributed by atoms with Crippen LogP contribution in [-0.2, 0) is 0 Å². The van der Waals surface area contributed by atoms with E-state index >= 15 is 0 Å². The van der Waals surface area contributed by atoms with Gasteiger partial charge in [-0.05, 0) is 37.4 Å². The number of amides is 1. The zero-order chi connectivity index (χ0) is 13.4. The molecule has 2 saturated heterocycles. The van der Waals surface area contributed by atoms with Crippen molar-refractivity contribution in [3.8, 4) is 11.5 Å². The third kappa shape index (κ3) is 2.26. The van der Waals surface area contributed by atoms with Crippen LogP contribution in [0.3, 0.4) is 0 Å². The van der Waals surface area contributed by atoms with Gasteiger partial charge in [0.25, 0.3) is 5.91 Å². The van der Waals surface area contributed by atoms with Crippen molar-refractivity contribution in [2.24, 2.45) is 5.92 Å². The molecule has 5 heteroatoms. The fourth-order valence-electron chi connectivity index (χ4n) is 3.08. The van der Waals surface area contributed by atoms with Crippen LogP contribution in [0.4, 0.5) is 0 Å². The first-order chi connectivity index (χ1) is 9.15. The number of fused-ring (bicyclic) bond motifs is 1. The molecule has 2 aliphatic heterocycles. The zero-order valence-electron chi connectivity index (χ0n) is 10.7. The number of aromatic hydroxyl groups is 2. The Morgan fingerprint density at radius 1 is 1.32 bits per heavy atom. The van der Waals surface area contributed by atoms with Crippen molar-refractivity contribution in [1.29, 1.82) is 0 Å². The largest absolute Gasteiger partial charge is 0.508 e. The van der Waals surface area contributed by atoms with Crippen LogP contribution in [0.2, 0.25) is 0 Å². The van der Waals surface area contributed by atoms with Gasteiger partial charge in [-0.15, -0.1) is 0 Å². The maximum Gasteiger partial charge on any atom is 0.257 e. The van der Waals surface area contributed by atoms with E-state index in [0.717, 1.165) is 25.9 Å². The van der Waals surface area contributed by atoms with E-state index in [9.17, 15) is 15.0 Å². The van der Waals surface area contributed by atoms with E-state index < -0.39 is 0 Å². The smallest absolute Gasteiger partial charge is 0.257 e. The highest BCUT2D eigenvalue weighted by Gasteiger charge is 2.37. The second kappa shape index (κ2) is 4.74. The van der Waals surface area contributed by atoms with Gasteiger partial charge in [0.05, 0.1) is 5.56 Å². The van der Waals surface area contributed by atoms with Crippen molar-refractivity contribution >= 4 is 5.91 Å². The van der Waals surface area contributed by atoms with Crippen molar-refractivity contribution < 1.29 is 15.0 Å².